The zero-order chi connectivity index (χ0) is 33.3. The third-order valence-electron chi connectivity index (χ3n) is 7.13. The predicted octanol–water partition coefficient (Wildman–Crippen LogP) is 7.02. The lowest BCUT2D eigenvalue weighted by Gasteiger charge is -2.34. The molecule has 0 aliphatic heterocycles. The number of sulfonamides is 1. The minimum absolute atomic E-state index is 0.0822. The maximum absolute atomic E-state index is 14.6. The Morgan fingerprint density at radius 2 is 1.46 bits per heavy atom. The van der Waals surface area contributed by atoms with Crippen molar-refractivity contribution >= 4 is 62.3 Å². The lowest BCUT2D eigenvalue weighted by Crippen LogP contribution is -2.53. The average molecular weight is 703 g/mol. The highest BCUT2D eigenvalue weighted by molar-refractivity contribution is 7.92. The monoisotopic (exact) mass is 701 g/mol. The molecule has 46 heavy (non-hydrogen) atoms. The first-order valence-corrected chi connectivity index (χ1v) is 17.2. The number of carbonyl (C=O) groups excluding carboxylic acids is 2. The molecule has 4 aromatic carbocycles. The molecular formula is C34H34Cl3N3O5S. The molecule has 242 valence electrons. The highest BCUT2D eigenvalue weighted by Crippen LogP contribution is 2.34. The van der Waals surface area contributed by atoms with Crippen molar-refractivity contribution < 1.29 is 22.7 Å². The summed E-state index contributed by atoms with van der Waals surface area (Å²) in [6.07, 6.45) is 0.153. The second-order valence-corrected chi connectivity index (χ2v) is 13.3. The SMILES string of the molecule is CCNC(=O)[C@H](Cc1ccccc1)N(Cc1c(Cl)cccc1Cl)C(=O)CN(c1ccccc1OCC)S(=O)(=O)c1ccc(Cl)cc1. The number of nitrogens with one attached hydrogen (secondary N) is 1. The van der Waals surface area contributed by atoms with E-state index >= 15 is 0 Å². The van der Waals surface area contributed by atoms with Gasteiger partial charge in [0.15, 0.2) is 0 Å². The number of halogens is 3. The van der Waals surface area contributed by atoms with Crippen LogP contribution in [0, 0.1) is 0 Å². The van der Waals surface area contributed by atoms with Crippen LogP contribution in [-0.2, 0) is 32.6 Å². The van der Waals surface area contributed by atoms with Crippen LogP contribution < -0.4 is 14.4 Å². The van der Waals surface area contributed by atoms with E-state index < -0.39 is 34.4 Å². The predicted molar refractivity (Wildman–Crippen MR) is 183 cm³/mol. The van der Waals surface area contributed by atoms with E-state index in [1.54, 1.807) is 56.3 Å². The van der Waals surface area contributed by atoms with E-state index in [9.17, 15) is 18.0 Å². The van der Waals surface area contributed by atoms with E-state index in [1.165, 1.54) is 29.2 Å². The van der Waals surface area contributed by atoms with Crippen LogP contribution in [0.25, 0.3) is 0 Å². The number of rotatable bonds is 14. The Balaban J connectivity index is 1.86. The summed E-state index contributed by atoms with van der Waals surface area (Å²) in [5.74, 6) is -0.808. The average Bonchev–Trinajstić information content (AvgIpc) is 3.04. The van der Waals surface area contributed by atoms with Gasteiger partial charge in [-0.3, -0.25) is 13.9 Å². The second kappa shape index (κ2) is 16.2. The molecule has 0 aromatic heterocycles. The Hall–Kier alpha value is -3.76. The number of hydrogen-bond acceptors (Lipinski definition) is 5. The normalized spacial score (nSPS) is 11.8. The van der Waals surface area contributed by atoms with Crippen LogP contribution >= 0.6 is 34.8 Å². The van der Waals surface area contributed by atoms with Gasteiger partial charge < -0.3 is 15.0 Å². The van der Waals surface area contributed by atoms with E-state index in [-0.39, 0.29) is 35.9 Å². The van der Waals surface area contributed by atoms with Crippen molar-refractivity contribution in [3.63, 3.8) is 0 Å². The first kappa shape index (κ1) is 35.1. The van der Waals surface area contributed by atoms with E-state index in [0.29, 0.717) is 27.2 Å². The van der Waals surface area contributed by atoms with Crippen molar-refractivity contribution in [1.29, 1.82) is 0 Å². The number of benzene rings is 4. The van der Waals surface area contributed by atoms with Crippen LogP contribution in [0.2, 0.25) is 15.1 Å². The van der Waals surface area contributed by atoms with Crippen LogP contribution in [0.15, 0.2) is 102 Å². The molecule has 4 aromatic rings. The minimum Gasteiger partial charge on any atom is -0.492 e. The van der Waals surface area contributed by atoms with E-state index in [1.807, 2.05) is 30.3 Å². The molecule has 8 nitrogen and oxygen atoms in total. The smallest absolute Gasteiger partial charge is 0.264 e. The van der Waals surface area contributed by atoms with Gasteiger partial charge in [-0.1, -0.05) is 83.3 Å². The van der Waals surface area contributed by atoms with E-state index in [4.69, 9.17) is 39.5 Å². The Morgan fingerprint density at radius 3 is 2.09 bits per heavy atom. The molecular weight excluding hydrogens is 669 g/mol. The zero-order valence-corrected chi connectivity index (χ0v) is 28.4. The fourth-order valence-corrected chi connectivity index (χ4v) is 6.96. The Labute approximate surface area is 284 Å². The van der Waals surface area contributed by atoms with Crippen LogP contribution in [-0.4, -0.2) is 50.9 Å². The van der Waals surface area contributed by atoms with Gasteiger partial charge in [0, 0.05) is 40.1 Å². The summed E-state index contributed by atoms with van der Waals surface area (Å²) in [7, 11) is -4.35. The number of likely N-dealkylation sites (N-methyl/N-ethyl adjacent to an activating group) is 1. The number of carbonyl (C=O) groups is 2. The van der Waals surface area contributed by atoms with Gasteiger partial charge in [0.2, 0.25) is 11.8 Å². The van der Waals surface area contributed by atoms with Crippen molar-refractivity contribution in [2.75, 3.05) is 24.0 Å². The van der Waals surface area contributed by atoms with Crippen molar-refractivity contribution in [3.05, 3.63) is 123 Å². The molecule has 0 unspecified atom stereocenters. The van der Waals surface area contributed by atoms with Crippen LogP contribution in [0.1, 0.15) is 25.0 Å². The summed E-state index contributed by atoms with van der Waals surface area (Å²) >= 11 is 19.2. The number of nitrogens with zero attached hydrogens (tertiary/aromatic N) is 2. The summed E-state index contributed by atoms with van der Waals surface area (Å²) in [6.45, 7) is 3.30. The third-order valence-corrected chi connectivity index (χ3v) is 9.86. The molecule has 2 amide bonds. The minimum atomic E-state index is -4.35. The fourth-order valence-electron chi connectivity index (χ4n) is 4.89. The van der Waals surface area contributed by atoms with Gasteiger partial charge in [0.1, 0.15) is 18.3 Å². The molecule has 0 fully saturated rings. The highest BCUT2D eigenvalue weighted by Gasteiger charge is 2.36. The van der Waals surface area contributed by atoms with Crippen molar-refractivity contribution in [1.82, 2.24) is 10.2 Å². The van der Waals surface area contributed by atoms with Gasteiger partial charge in [-0.25, -0.2) is 8.42 Å². The number of hydrogen-bond donors (Lipinski definition) is 1. The molecule has 0 aliphatic rings. The molecule has 12 heteroatoms. The second-order valence-electron chi connectivity index (χ2n) is 10.2. The maximum atomic E-state index is 14.6. The molecule has 0 bridgehead atoms. The quantitative estimate of drug-likeness (QED) is 0.153. The number of ether oxygens (including phenoxy) is 1. The van der Waals surface area contributed by atoms with Crippen molar-refractivity contribution in [2.45, 2.75) is 37.8 Å². The van der Waals surface area contributed by atoms with Gasteiger partial charge >= 0.3 is 0 Å². The molecule has 0 radical (unpaired) electrons. The largest absolute Gasteiger partial charge is 0.492 e. The molecule has 0 aliphatic carbocycles. The summed E-state index contributed by atoms with van der Waals surface area (Å²) < 4.78 is 35.3. The van der Waals surface area contributed by atoms with Crippen LogP contribution in [0.4, 0.5) is 5.69 Å². The number of para-hydroxylation sites is 2. The van der Waals surface area contributed by atoms with E-state index in [2.05, 4.69) is 5.32 Å². The van der Waals surface area contributed by atoms with Gasteiger partial charge in [0.05, 0.1) is 17.2 Å². The molecule has 1 N–H and O–H groups in total. The third kappa shape index (κ3) is 8.53. The van der Waals surface area contributed by atoms with Gasteiger partial charge in [-0.15, -0.1) is 0 Å². The summed E-state index contributed by atoms with van der Waals surface area (Å²) in [6, 6.07) is 25.4. The first-order chi connectivity index (χ1) is 22.1. The highest BCUT2D eigenvalue weighted by atomic mass is 35.5. The molecule has 4 rings (SSSR count). The van der Waals surface area contributed by atoms with E-state index in [0.717, 1.165) is 9.87 Å². The Kier molecular flexibility index (Phi) is 12.3. The van der Waals surface area contributed by atoms with Crippen molar-refractivity contribution in [2.24, 2.45) is 0 Å². The lowest BCUT2D eigenvalue weighted by atomic mass is 10.0. The summed E-state index contributed by atoms with van der Waals surface area (Å²) in [4.78, 5) is 29.5. The topological polar surface area (TPSA) is 96.0 Å². The summed E-state index contributed by atoms with van der Waals surface area (Å²) in [5, 5.41) is 3.77. The zero-order valence-electron chi connectivity index (χ0n) is 25.3. The molecule has 0 heterocycles. The lowest BCUT2D eigenvalue weighted by molar-refractivity contribution is -0.140. The molecule has 0 saturated carbocycles. The van der Waals surface area contributed by atoms with Gasteiger partial charge in [-0.2, -0.15) is 0 Å². The van der Waals surface area contributed by atoms with Gasteiger partial charge in [-0.05, 0) is 67.9 Å². The van der Waals surface area contributed by atoms with Crippen LogP contribution in [0.3, 0.4) is 0 Å². The van der Waals surface area contributed by atoms with Crippen LogP contribution in [0.5, 0.6) is 5.75 Å². The maximum Gasteiger partial charge on any atom is 0.264 e. The first-order valence-electron chi connectivity index (χ1n) is 14.6. The molecule has 0 spiro atoms. The Bertz CT molecular complexity index is 1740. The summed E-state index contributed by atoms with van der Waals surface area (Å²) in [5.41, 5.74) is 1.37. The van der Waals surface area contributed by atoms with Gasteiger partial charge in [0.25, 0.3) is 10.0 Å². The Morgan fingerprint density at radius 1 is 0.826 bits per heavy atom. The number of anilines is 1. The standard InChI is InChI=1S/C34H34Cl3N3O5S/c1-3-38-34(42)31(21-24-11-6-5-7-12-24)39(22-27-28(36)13-10-14-29(27)37)33(41)23-40(30-15-8-9-16-32(30)45-4-2)46(43,44)26-19-17-25(35)18-20-26/h5-20,31H,3-4,21-23H2,1-2H3,(H,38,42)/t31-/m0/s1. The number of amides is 2. The fraction of sp³-hybridized carbons (Fsp3) is 0.235. The molecule has 0 saturated heterocycles. The molecule has 1 atom stereocenters. The van der Waals surface area contributed by atoms with Crippen molar-refractivity contribution in [3.8, 4) is 5.75 Å².